The molecule has 0 bridgehead atoms. The van der Waals surface area contributed by atoms with E-state index in [2.05, 4.69) is 53.2 Å². The Morgan fingerprint density at radius 3 is 2.64 bits per heavy atom. The Morgan fingerprint density at radius 2 is 1.88 bits per heavy atom. The predicted molar refractivity (Wildman–Crippen MR) is 99.5 cm³/mol. The Kier molecular flexibility index (Phi) is 4.04. The van der Waals surface area contributed by atoms with Crippen LogP contribution < -0.4 is 5.32 Å². The van der Waals surface area contributed by atoms with Crippen LogP contribution in [0.15, 0.2) is 77.7 Å². The number of aliphatic hydroxyl groups is 1. The molecule has 2 heterocycles. The number of nitrogens with zero attached hydrogens (tertiary/aromatic N) is 1. The highest BCUT2D eigenvalue weighted by Crippen LogP contribution is 2.29. The summed E-state index contributed by atoms with van der Waals surface area (Å²) in [4.78, 5) is 0. The molecule has 0 aliphatic carbocycles. The van der Waals surface area contributed by atoms with Crippen LogP contribution >= 0.6 is 0 Å². The summed E-state index contributed by atoms with van der Waals surface area (Å²) >= 11 is 0. The first-order chi connectivity index (χ1) is 12.2. The molecule has 0 saturated carbocycles. The number of aryl methyl sites for hydroxylation is 1. The van der Waals surface area contributed by atoms with Gasteiger partial charge in [0.15, 0.2) is 6.23 Å². The van der Waals surface area contributed by atoms with Crippen molar-refractivity contribution in [2.75, 3.05) is 5.32 Å². The first-order valence-corrected chi connectivity index (χ1v) is 8.31. The van der Waals surface area contributed by atoms with Crippen molar-refractivity contribution in [2.45, 2.75) is 19.7 Å². The summed E-state index contributed by atoms with van der Waals surface area (Å²) in [6.07, 6.45) is 4.34. The minimum Gasteiger partial charge on any atom is -0.472 e. The average molecular weight is 332 g/mol. The molecule has 2 aromatic heterocycles. The molecule has 0 spiro atoms. The van der Waals surface area contributed by atoms with Crippen molar-refractivity contribution in [1.82, 2.24) is 4.57 Å². The molecule has 25 heavy (non-hydrogen) atoms. The number of furan rings is 1. The van der Waals surface area contributed by atoms with Crippen molar-refractivity contribution in [3.63, 3.8) is 0 Å². The van der Waals surface area contributed by atoms with Crippen LogP contribution in [0.5, 0.6) is 0 Å². The summed E-state index contributed by atoms with van der Waals surface area (Å²) < 4.78 is 7.25. The van der Waals surface area contributed by atoms with Crippen molar-refractivity contribution in [2.24, 2.45) is 0 Å². The van der Waals surface area contributed by atoms with Gasteiger partial charge in [-0.1, -0.05) is 48.0 Å². The number of hydrogen-bond acceptors (Lipinski definition) is 3. The van der Waals surface area contributed by atoms with Crippen LogP contribution in [0.25, 0.3) is 10.9 Å². The smallest absolute Gasteiger partial charge is 0.153 e. The number of para-hydroxylation sites is 1. The highest BCUT2D eigenvalue weighted by atomic mass is 16.3. The van der Waals surface area contributed by atoms with Gasteiger partial charge in [0, 0.05) is 23.7 Å². The van der Waals surface area contributed by atoms with E-state index in [4.69, 9.17) is 4.42 Å². The summed E-state index contributed by atoms with van der Waals surface area (Å²) in [5, 5.41) is 14.6. The van der Waals surface area contributed by atoms with E-state index in [1.54, 1.807) is 18.6 Å². The van der Waals surface area contributed by atoms with E-state index in [0.29, 0.717) is 5.56 Å². The summed E-state index contributed by atoms with van der Waals surface area (Å²) in [6, 6.07) is 18.5. The molecular formula is C21H20N2O2. The van der Waals surface area contributed by atoms with Gasteiger partial charge in [-0.05, 0) is 24.6 Å². The van der Waals surface area contributed by atoms with Crippen molar-refractivity contribution in [3.05, 3.63) is 90.0 Å². The van der Waals surface area contributed by atoms with Gasteiger partial charge < -0.3 is 19.4 Å². The summed E-state index contributed by atoms with van der Waals surface area (Å²) in [5.41, 5.74) is 5.23. The van der Waals surface area contributed by atoms with Gasteiger partial charge in [0.1, 0.15) is 0 Å². The van der Waals surface area contributed by atoms with Crippen LogP contribution in [0.2, 0.25) is 0 Å². The fourth-order valence-corrected chi connectivity index (χ4v) is 3.04. The molecule has 4 heteroatoms. The van der Waals surface area contributed by atoms with Crippen molar-refractivity contribution in [1.29, 1.82) is 0 Å². The topological polar surface area (TPSA) is 50.3 Å². The van der Waals surface area contributed by atoms with Gasteiger partial charge in [-0.3, -0.25) is 0 Å². The highest BCUT2D eigenvalue weighted by molar-refractivity contribution is 5.93. The Morgan fingerprint density at radius 1 is 1.08 bits per heavy atom. The Hall–Kier alpha value is -2.98. The van der Waals surface area contributed by atoms with Gasteiger partial charge in [0.2, 0.25) is 0 Å². The lowest BCUT2D eigenvalue weighted by atomic mass is 10.1. The zero-order chi connectivity index (χ0) is 17.2. The van der Waals surface area contributed by atoms with E-state index in [9.17, 15) is 5.11 Å². The van der Waals surface area contributed by atoms with Crippen LogP contribution in [0, 0.1) is 6.92 Å². The van der Waals surface area contributed by atoms with Crippen molar-refractivity contribution < 1.29 is 9.52 Å². The molecule has 0 aliphatic heterocycles. The van der Waals surface area contributed by atoms with E-state index in [1.165, 1.54) is 11.1 Å². The van der Waals surface area contributed by atoms with Gasteiger partial charge >= 0.3 is 0 Å². The van der Waals surface area contributed by atoms with Crippen molar-refractivity contribution >= 4 is 16.6 Å². The Balaban J connectivity index is 1.67. The second kappa shape index (κ2) is 6.49. The molecule has 4 aromatic rings. The Bertz CT molecular complexity index is 969. The zero-order valence-corrected chi connectivity index (χ0v) is 14.0. The van der Waals surface area contributed by atoms with Crippen molar-refractivity contribution in [3.8, 4) is 0 Å². The van der Waals surface area contributed by atoms with E-state index in [1.807, 2.05) is 18.3 Å². The molecule has 4 nitrogen and oxygen atoms in total. The molecule has 1 atom stereocenters. The number of hydrogen-bond donors (Lipinski definition) is 2. The molecule has 0 saturated heterocycles. The molecule has 0 aliphatic rings. The third-order valence-corrected chi connectivity index (χ3v) is 4.41. The lowest BCUT2D eigenvalue weighted by Gasteiger charge is -2.11. The fraction of sp³-hybridized carbons (Fsp3) is 0.143. The molecule has 126 valence electrons. The van der Waals surface area contributed by atoms with Crippen LogP contribution in [-0.2, 0) is 6.54 Å². The lowest BCUT2D eigenvalue weighted by molar-refractivity contribution is 0.207. The quantitative estimate of drug-likeness (QED) is 0.521. The zero-order valence-electron chi connectivity index (χ0n) is 14.0. The average Bonchev–Trinajstić information content (AvgIpc) is 3.27. The molecule has 1 unspecified atom stereocenters. The molecule has 2 aromatic carbocycles. The number of anilines is 1. The summed E-state index contributed by atoms with van der Waals surface area (Å²) in [7, 11) is 0. The van der Waals surface area contributed by atoms with E-state index < -0.39 is 6.23 Å². The van der Waals surface area contributed by atoms with Gasteiger partial charge in [-0.2, -0.15) is 0 Å². The number of rotatable bonds is 5. The summed E-state index contributed by atoms with van der Waals surface area (Å²) in [5.74, 6) is 0. The minimum absolute atomic E-state index is 0.704. The Labute approximate surface area is 146 Å². The third kappa shape index (κ3) is 3.16. The summed E-state index contributed by atoms with van der Waals surface area (Å²) in [6.45, 7) is 2.87. The first kappa shape index (κ1) is 15.5. The second-order valence-electron chi connectivity index (χ2n) is 6.28. The predicted octanol–water partition coefficient (Wildman–Crippen LogP) is 4.69. The minimum atomic E-state index is -0.808. The second-order valence-corrected chi connectivity index (χ2v) is 6.28. The lowest BCUT2D eigenvalue weighted by Crippen LogP contribution is -2.08. The van der Waals surface area contributed by atoms with E-state index in [0.717, 1.165) is 23.1 Å². The molecule has 2 N–H and O–H groups in total. The fourth-order valence-electron chi connectivity index (χ4n) is 3.04. The van der Waals surface area contributed by atoms with Gasteiger partial charge in [-0.25, -0.2) is 0 Å². The third-order valence-electron chi connectivity index (χ3n) is 4.41. The molecule has 4 rings (SSSR count). The number of fused-ring (bicyclic) bond motifs is 1. The number of benzene rings is 2. The number of aliphatic hydroxyl groups excluding tert-OH is 1. The SMILES string of the molecule is Cc1ccc(Cn2cc(NC(O)c3ccoc3)c3ccccc32)cc1. The maximum absolute atomic E-state index is 10.4. The highest BCUT2D eigenvalue weighted by Gasteiger charge is 2.13. The first-order valence-electron chi connectivity index (χ1n) is 8.31. The molecule has 0 fully saturated rings. The van der Waals surface area contributed by atoms with E-state index >= 15 is 0 Å². The van der Waals surface area contributed by atoms with Crippen LogP contribution in [0.3, 0.4) is 0 Å². The molecular weight excluding hydrogens is 312 g/mol. The van der Waals surface area contributed by atoms with Gasteiger partial charge in [0.25, 0.3) is 0 Å². The maximum Gasteiger partial charge on any atom is 0.153 e. The molecule has 0 radical (unpaired) electrons. The van der Waals surface area contributed by atoms with E-state index in [-0.39, 0.29) is 0 Å². The van der Waals surface area contributed by atoms with Gasteiger partial charge in [0.05, 0.1) is 23.7 Å². The molecule has 0 amide bonds. The largest absolute Gasteiger partial charge is 0.472 e. The number of nitrogens with one attached hydrogen (secondary N) is 1. The normalized spacial score (nSPS) is 12.4. The standard InChI is InChI=1S/C21H20N2O2/c1-15-6-8-16(9-7-15)12-23-13-19(18-4-2-3-5-20(18)23)22-21(24)17-10-11-25-14-17/h2-11,13-14,21-22,24H,12H2,1H3. The van der Waals surface area contributed by atoms with Crippen LogP contribution in [-0.4, -0.2) is 9.67 Å². The van der Waals surface area contributed by atoms with Crippen LogP contribution in [0.4, 0.5) is 5.69 Å². The number of aromatic nitrogens is 1. The van der Waals surface area contributed by atoms with Crippen LogP contribution in [0.1, 0.15) is 22.9 Å². The van der Waals surface area contributed by atoms with Gasteiger partial charge in [-0.15, -0.1) is 0 Å². The maximum atomic E-state index is 10.4. The monoisotopic (exact) mass is 332 g/mol.